The predicted molar refractivity (Wildman–Crippen MR) is 208 cm³/mol. The molecule has 3 atom stereocenters. The lowest BCUT2D eigenvalue weighted by molar-refractivity contribution is -0.124. The molecule has 0 aliphatic rings. The van der Waals surface area contributed by atoms with Gasteiger partial charge in [-0.25, -0.2) is 0 Å². The third-order valence-electron chi connectivity index (χ3n) is 9.41. The van der Waals surface area contributed by atoms with E-state index in [0.29, 0.717) is 6.42 Å². The van der Waals surface area contributed by atoms with Crippen molar-refractivity contribution >= 4 is 5.91 Å². The summed E-state index contributed by atoms with van der Waals surface area (Å²) in [6, 6.07) is -0.764. The van der Waals surface area contributed by atoms with E-state index < -0.39 is 18.2 Å². The molecule has 0 aliphatic heterocycles. The van der Waals surface area contributed by atoms with Crippen molar-refractivity contribution in [2.24, 2.45) is 0 Å². The highest BCUT2D eigenvalue weighted by molar-refractivity contribution is 5.76. The molecule has 0 fully saturated rings. The lowest BCUT2D eigenvalue weighted by Crippen LogP contribution is -2.45. The minimum Gasteiger partial charge on any atom is -0.394 e. The van der Waals surface area contributed by atoms with Crippen molar-refractivity contribution in [3.8, 4) is 0 Å². The Labute approximate surface area is 298 Å². The van der Waals surface area contributed by atoms with E-state index >= 15 is 0 Å². The molecule has 0 aromatic heterocycles. The van der Waals surface area contributed by atoms with Gasteiger partial charge in [-0.15, -0.1) is 0 Å². The quantitative estimate of drug-likeness (QED) is 0.0390. The average Bonchev–Trinajstić information content (AvgIpc) is 3.08. The highest BCUT2D eigenvalue weighted by Gasteiger charge is 2.20. The Hall–Kier alpha value is -1.43. The van der Waals surface area contributed by atoms with Crippen LogP contribution in [0, 0.1) is 0 Å². The van der Waals surface area contributed by atoms with Gasteiger partial charge in [0.15, 0.2) is 0 Å². The van der Waals surface area contributed by atoms with Crippen LogP contribution in [-0.4, -0.2) is 46.1 Å². The minimum atomic E-state index is -0.956. The van der Waals surface area contributed by atoms with E-state index in [-0.39, 0.29) is 18.9 Å². The number of aliphatic hydroxyl groups excluding tert-OH is 3. The Balaban J connectivity index is 3.73. The largest absolute Gasteiger partial charge is 0.394 e. The fraction of sp³-hybridized carbons (Fsp3) is 0.837. The molecule has 282 valence electrons. The summed E-state index contributed by atoms with van der Waals surface area (Å²) in [7, 11) is 0. The van der Waals surface area contributed by atoms with E-state index in [2.05, 4.69) is 43.5 Å². The van der Waals surface area contributed by atoms with Crippen molar-refractivity contribution in [3.63, 3.8) is 0 Å². The fourth-order valence-corrected chi connectivity index (χ4v) is 6.19. The van der Waals surface area contributed by atoms with E-state index in [0.717, 1.165) is 38.5 Å². The molecule has 0 aliphatic carbocycles. The fourth-order valence-electron chi connectivity index (χ4n) is 6.19. The number of amides is 1. The zero-order valence-corrected chi connectivity index (χ0v) is 31.9. The maximum atomic E-state index is 12.4. The van der Waals surface area contributed by atoms with Crippen molar-refractivity contribution in [2.45, 2.75) is 225 Å². The Morgan fingerprint density at radius 3 is 1.33 bits per heavy atom. The number of carbonyl (C=O) groups is 1. The van der Waals surface area contributed by atoms with Crippen LogP contribution in [0.25, 0.3) is 0 Å². The smallest absolute Gasteiger partial charge is 0.222 e. The number of unbranched alkanes of at least 4 members (excludes halogenated alkanes) is 24. The van der Waals surface area contributed by atoms with Crippen LogP contribution >= 0.6 is 0 Å². The molecular weight excluding hydrogens is 594 g/mol. The summed E-state index contributed by atoms with van der Waals surface area (Å²) >= 11 is 0. The van der Waals surface area contributed by atoms with Crippen LogP contribution in [0.2, 0.25) is 0 Å². The SMILES string of the molecule is CCCCCCC/C=C/CC/C=C/CC/C=C/C(O)C(CO)NC(=O)CC(O)CCCCCCCCCCCCCCCCCCCC. The summed E-state index contributed by atoms with van der Waals surface area (Å²) in [5.41, 5.74) is 0. The van der Waals surface area contributed by atoms with Crippen LogP contribution in [0.4, 0.5) is 0 Å². The first-order chi connectivity index (χ1) is 23.5. The van der Waals surface area contributed by atoms with Crippen LogP contribution in [-0.2, 0) is 4.79 Å². The zero-order valence-electron chi connectivity index (χ0n) is 31.9. The summed E-state index contributed by atoms with van der Waals surface area (Å²) < 4.78 is 0. The van der Waals surface area contributed by atoms with Crippen LogP contribution in [0.3, 0.4) is 0 Å². The third-order valence-corrected chi connectivity index (χ3v) is 9.41. The predicted octanol–water partition coefficient (Wildman–Crippen LogP) is 11.6. The van der Waals surface area contributed by atoms with Gasteiger partial charge < -0.3 is 20.6 Å². The Morgan fingerprint density at radius 1 is 0.521 bits per heavy atom. The molecule has 5 heteroatoms. The molecule has 1 amide bonds. The highest BCUT2D eigenvalue weighted by atomic mass is 16.3. The molecule has 0 radical (unpaired) electrons. The summed E-state index contributed by atoms with van der Waals surface area (Å²) in [6.07, 6.45) is 47.1. The number of nitrogens with one attached hydrogen (secondary N) is 1. The van der Waals surface area contributed by atoms with E-state index in [4.69, 9.17) is 0 Å². The molecule has 0 spiro atoms. The first-order valence-electron chi connectivity index (χ1n) is 20.8. The molecule has 4 N–H and O–H groups in total. The second-order valence-electron chi connectivity index (χ2n) is 14.2. The Morgan fingerprint density at radius 2 is 0.896 bits per heavy atom. The topological polar surface area (TPSA) is 89.8 Å². The highest BCUT2D eigenvalue weighted by Crippen LogP contribution is 2.15. The summed E-state index contributed by atoms with van der Waals surface area (Å²) in [5, 5.41) is 33.1. The molecule has 5 nitrogen and oxygen atoms in total. The summed E-state index contributed by atoms with van der Waals surface area (Å²) in [5.74, 6) is -0.329. The minimum absolute atomic E-state index is 0.00480. The van der Waals surface area contributed by atoms with E-state index in [1.807, 2.05) is 6.08 Å². The van der Waals surface area contributed by atoms with Gasteiger partial charge in [0, 0.05) is 0 Å². The molecule has 48 heavy (non-hydrogen) atoms. The van der Waals surface area contributed by atoms with Crippen LogP contribution in [0.15, 0.2) is 36.5 Å². The molecule has 0 saturated carbocycles. The number of allylic oxidation sites excluding steroid dienone is 5. The number of rotatable bonds is 37. The van der Waals surface area contributed by atoms with Crippen molar-refractivity contribution in [1.82, 2.24) is 5.32 Å². The van der Waals surface area contributed by atoms with E-state index in [1.54, 1.807) is 6.08 Å². The maximum Gasteiger partial charge on any atom is 0.222 e. The first kappa shape index (κ1) is 46.6. The van der Waals surface area contributed by atoms with Crippen molar-refractivity contribution in [2.75, 3.05) is 6.61 Å². The van der Waals surface area contributed by atoms with Crippen molar-refractivity contribution in [3.05, 3.63) is 36.5 Å². The third kappa shape index (κ3) is 34.4. The van der Waals surface area contributed by atoms with Gasteiger partial charge in [-0.05, 0) is 44.9 Å². The summed E-state index contributed by atoms with van der Waals surface area (Å²) in [4.78, 5) is 12.4. The van der Waals surface area contributed by atoms with Crippen molar-refractivity contribution < 1.29 is 20.1 Å². The van der Waals surface area contributed by atoms with Gasteiger partial charge in [-0.3, -0.25) is 4.79 Å². The number of aliphatic hydroxyl groups is 3. The van der Waals surface area contributed by atoms with Crippen LogP contribution in [0.5, 0.6) is 0 Å². The first-order valence-corrected chi connectivity index (χ1v) is 20.8. The Kier molecular flexibility index (Phi) is 37.2. The van der Waals surface area contributed by atoms with Gasteiger partial charge in [0.05, 0.1) is 31.3 Å². The molecule has 0 heterocycles. The average molecular weight is 676 g/mol. The van der Waals surface area contributed by atoms with Gasteiger partial charge in [-0.1, -0.05) is 192 Å². The maximum absolute atomic E-state index is 12.4. The zero-order chi connectivity index (χ0) is 35.2. The monoisotopic (exact) mass is 676 g/mol. The second-order valence-corrected chi connectivity index (χ2v) is 14.2. The van der Waals surface area contributed by atoms with Gasteiger partial charge in [-0.2, -0.15) is 0 Å². The standard InChI is InChI=1S/C43H81NO4/c1-3-5-7-9-11-13-15-17-19-20-21-23-24-26-28-30-32-34-36-40(46)38-43(48)44-41(39-45)42(47)37-35-33-31-29-27-25-22-18-16-14-12-10-8-6-4-2/h16,18,27,29,35,37,40-42,45-47H,3-15,17,19-26,28,30-34,36,38-39H2,1-2H3,(H,44,48)/b18-16+,29-27+,37-35+. The van der Waals surface area contributed by atoms with Gasteiger partial charge in [0.25, 0.3) is 0 Å². The molecule has 0 aromatic rings. The molecule has 0 rings (SSSR count). The number of hydrogen-bond donors (Lipinski definition) is 4. The van der Waals surface area contributed by atoms with Gasteiger partial charge in [0.1, 0.15) is 0 Å². The lowest BCUT2D eigenvalue weighted by atomic mass is 10.0. The van der Waals surface area contributed by atoms with Crippen molar-refractivity contribution in [1.29, 1.82) is 0 Å². The van der Waals surface area contributed by atoms with E-state index in [1.165, 1.54) is 141 Å². The number of carbonyl (C=O) groups excluding carboxylic acids is 1. The normalized spacial score (nSPS) is 14.0. The molecule has 3 unspecified atom stereocenters. The van der Waals surface area contributed by atoms with E-state index in [9.17, 15) is 20.1 Å². The van der Waals surface area contributed by atoms with Gasteiger partial charge >= 0.3 is 0 Å². The second kappa shape index (κ2) is 38.4. The number of hydrogen-bond acceptors (Lipinski definition) is 4. The summed E-state index contributed by atoms with van der Waals surface area (Å²) in [6.45, 7) is 4.18. The molecule has 0 aromatic carbocycles. The molecule has 0 bridgehead atoms. The molecular formula is C43H81NO4. The Bertz CT molecular complexity index is 749. The molecule has 0 saturated heterocycles. The van der Waals surface area contributed by atoms with Crippen LogP contribution < -0.4 is 5.32 Å². The van der Waals surface area contributed by atoms with Crippen LogP contribution in [0.1, 0.15) is 206 Å². The lowest BCUT2D eigenvalue weighted by Gasteiger charge is -2.21. The van der Waals surface area contributed by atoms with Gasteiger partial charge in [0.2, 0.25) is 5.91 Å².